The molecule has 5 heteroatoms. The van der Waals surface area contributed by atoms with Crippen molar-refractivity contribution in [2.75, 3.05) is 18.4 Å². The van der Waals surface area contributed by atoms with Gasteiger partial charge in [0, 0.05) is 25.2 Å². The van der Waals surface area contributed by atoms with Gasteiger partial charge in [0.25, 0.3) is 0 Å². The molecular formula is C16H25N3OS. The van der Waals surface area contributed by atoms with Gasteiger partial charge in [0.1, 0.15) is 0 Å². The van der Waals surface area contributed by atoms with E-state index in [-0.39, 0.29) is 5.91 Å². The van der Waals surface area contributed by atoms with Crippen molar-refractivity contribution in [1.82, 2.24) is 10.6 Å². The van der Waals surface area contributed by atoms with Crippen LogP contribution < -0.4 is 16.0 Å². The van der Waals surface area contributed by atoms with E-state index in [2.05, 4.69) is 22.9 Å². The number of thiocarbonyl (C=S) groups is 1. The molecule has 0 radical (unpaired) electrons. The highest BCUT2D eigenvalue weighted by molar-refractivity contribution is 7.80. The zero-order valence-electron chi connectivity index (χ0n) is 12.7. The number of para-hydroxylation sites is 1. The molecule has 0 atom stereocenters. The highest BCUT2D eigenvalue weighted by atomic mass is 32.1. The van der Waals surface area contributed by atoms with Crippen LogP contribution in [0.1, 0.15) is 39.0 Å². The smallest absolute Gasteiger partial charge is 0.224 e. The fraction of sp³-hybridized carbons (Fsp3) is 0.500. The maximum atomic E-state index is 11.7. The fourth-order valence-corrected chi connectivity index (χ4v) is 2.04. The van der Waals surface area contributed by atoms with Crippen molar-refractivity contribution < 1.29 is 4.79 Å². The first-order chi connectivity index (χ1) is 10.2. The zero-order chi connectivity index (χ0) is 15.3. The summed E-state index contributed by atoms with van der Waals surface area (Å²) >= 11 is 5.16. The quantitative estimate of drug-likeness (QED) is 0.485. The molecule has 0 spiro atoms. The molecule has 1 rings (SSSR count). The molecule has 4 nitrogen and oxygen atoms in total. The van der Waals surface area contributed by atoms with E-state index in [4.69, 9.17) is 12.2 Å². The van der Waals surface area contributed by atoms with Crippen LogP contribution in [0.5, 0.6) is 0 Å². The van der Waals surface area contributed by atoms with Gasteiger partial charge in [0.2, 0.25) is 5.91 Å². The van der Waals surface area contributed by atoms with Crippen LogP contribution in [0.25, 0.3) is 0 Å². The Morgan fingerprint density at radius 1 is 1.05 bits per heavy atom. The number of nitrogens with one attached hydrogen (secondary N) is 3. The molecule has 1 aromatic rings. The summed E-state index contributed by atoms with van der Waals surface area (Å²) < 4.78 is 0. The average Bonchev–Trinajstić information content (AvgIpc) is 2.49. The molecule has 0 heterocycles. The Morgan fingerprint density at radius 3 is 2.38 bits per heavy atom. The van der Waals surface area contributed by atoms with Crippen LogP contribution in [-0.4, -0.2) is 24.1 Å². The van der Waals surface area contributed by atoms with Crippen molar-refractivity contribution in [1.29, 1.82) is 0 Å². The Bertz CT molecular complexity index is 423. The molecule has 0 saturated heterocycles. The molecule has 0 fully saturated rings. The molecule has 0 aromatic heterocycles. The van der Waals surface area contributed by atoms with Crippen molar-refractivity contribution in [3.05, 3.63) is 30.3 Å². The third kappa shape index (κ3) is 9.02. The van der Waals surface area contributed by atoms with E-state index in [9.17, 15) is 4.79 Å². The second-order valence-corrected chi connectivity index (χ2v) is 5.32. The molecule has 0 saturated carbocycles. The number of rotatable bonds is 9. The average molecular weight is 307 g/mol. The lowest BCUT2D eigenvalue weighted by atomic mass is 10.2. The number of hydrogen-bond donors (Lipinski definition) is 3. The van der Waals surface area contributed by atoms with Crippen molar-refractivity contribution in [2.45, 2.75) is 39.0 Å². The summed E-state index contributed by atoms with van der Waals surface area (Å²) in [7, 11) is 0. The largest absolute Gasteiger partial charge is 0.363 e. The number of hydrogen-bond acceptors (Lipinski definition) is 2. The highest BCUT2D eigenvalue weighted by Gasteiger charge is 2.02. The van der Waals surface area contributed by atoms with Crippen LogP contribution in [0.2, 0.25) is 0 Å². The van der Waals surface area contributed by atoms with E-state index < -0.39 is 0 Å². The Morgan fingerprint density at radius 2 is 1.71 bits per heavy atom. The summed E-state index contributed by atoms with van der Waals surface area (Å²) in [4.78, 5) is 11.7. The number of benzene rings is 1. The molecule has 1 aromatic carbocycles. The molecule has 0 aliphatic rings. The number of carbonyl (C=O) groups excluding carboxylic acids is 1. The number of anilines is 1. The summed E-state index contributed by atoms with van der Waals surface area (Å²) in [5.74, 6) is 0.0322. The third-order valence-electron chi connectivity index (χ3n) is 2.99. The van der Waals surface area contributed by atoms with Crippen LogP contribution in [0.15, 0.2) is 30.3 Å². The highest BCUT2D eigenvalue weighted by Crippen LogP contribution is 2.05. The molecule has 0 unspecified atom stereocenters. The molecule has 1 amide bonds. The number of unbranched alkanes of at least 4 members (excludes halogenated alkanes) is 2. The van der Waals surface area contributed by atoms with Crippen LogP contribution in [0.4, 0.5) is 5.69 Å². The van der Waals surface area contributed by atoms with Gasteiger partial charge in [-0.05, 0) is 37.2 Å². The first-order valence-electron chi connectivity index (χ1n) is 7.59. The van der Waals surface area contributed by atoms with Gasteiger partial charge in [-0.3, -0.25) is 4.79 Å². The van der Waals surface area contributed by atoms with Gasteiger partial charge in [-0.15, -0.1) is 0 Å². The van der Waals surface area contributed by atoms with Gasteiger partial charge in [-0.1, -0.05) is 38.0 Å². The number of carbonyl (C=O) groups is 1. The van der Waals surface area contributed by atoms with Crippen LogP contribution in [-0.2, 0) is 4.79 Å². The molecule has 116 valence electrons. The lowest BCUT2D eigenvalue weighted by molar-refractivity contribution is -0.116. The predicted molar refractivity (Wildman–Crippen MR) is 92.4 cm³/mol. The van der Waals surface area contributed by atoms with E-state index in [1.54, 1.807) is 0 Å². The maximum Gasteiger partial charge on any atom is 0.224 e. The second kappa shape index (κ2) is 11.1. The molecule has 3 N–H and O–H groups in total. The monoisotopic (exact) mass is 307 g/mol. The van der Waals surface area contributed by atoms with Crippen LogP contribution >= 0.6 is 12.2 Å². The van der Waals surface area contributed by atoms with Gasteiger partial charge in [-0.25, -0.2) is 0 Å². The maximum absolute atomic E-state index is 11.7. The standard InChI is InChI=1S/C16H25N3OS/c1-2-3-7-12-17-16(21)18-13-8-11-15(20)19-14-9-5-4-6-10-14/h4-6,9-10H,2-3,7-8,11-13H2,1H3,(H,19,20)(H2,17,18,21). The van der Waals surface area contributed by atoms with E-state index in [1.165, 1.54) is 12.8 Å². The minimum Gasteiger partial charge on any atom is -0.363 e. The van der Waals surface area contributed by atoms with Crippen LogP contribution in [0, 0.1) is 0 Å². The van der Waals surface area contributed by atoms with Crippen molar-refractivity contribution in [3.8, 4) is 0 Å². The van der Waals surface area contributed by atoms with Gasteiger partial charge < -0.3 is 16.0 Å². The summed E-state index contributed by atoms with van der Waals surface area (Å²) in [5.41, 5.74) is 0.837. The summed E-state index contributed by atoms with van der Waals surface area (Å²) in [6.45, 7) is 3.80. The number of amides is 1. The lowest BCUT2D eigenvalue weighted by Gasteiger charge is -2.10. The van der Waals surface area contributed by atoms with E-state index in [1.807, 2.05) is 30.3 Å². The fourth-order valence-electron chi connectivity index (χ4n) is 1.84. The van der Waals surface area contributed by atoms with Crippen LogP contribution in [0.3, 0.4) is 0 Å². The third-order valence-corrected chi connectivity index (χ3v) is 3.28. The molecular weight excluding hydrogens is 282 g/mol. The predicted octanol–water partition coefficient (Wildman–Crippen LogP) is 3.06. The Hall–Kier alpha value is -1.62. The first kappa shape index (κ1) is 17.4. The zero-order valence-corrected chi connectivity index (χ0v) is 13.5. The van der Waals surface area contributed by atoms with Crippen molar-refractivity contribution in [3.63, 3.8) is 0 Å². The van der Waals surface area contributed by atoms with Crippen molar-refractivity contribution >= 4 is 28.9 Å². The lowest BCUT2D eigenvalue weighted by Crippen LogP contribution is -2.36. The van der Waals surface area contributed by atoms with Gasteiger partial charge >= 0.3 is 0 Å². The Labute approximate surface area is 132 Å². The van der Waals surface area contributed by atoms with Gasteiger partial charge in [-0.2, -0.15) is 0 Å². The van der Waals surface area contributed by atoms with E-state index >= 15 is 0 Å². The topological polar surface area (TPSA) is 53.2 Å². The van der Waals surface area contributed by atoms with Crippen molar-refractivity contribution in [2.24, 2.45) is 0 Å². The van der Waals surface area contributed by atoms with Gasteiger partial charge in [0.05, 0.1) is 0 Å². The first-order valence-corrected chi connectivity index (χ1v) is 7.99. The molecule has 0 bridgehead atoms. The molecule has 21 heavy (non-hydrogen) atoms. The normalized spacial score (nSPS) is 9.95. The van der Waals surface area contributed by atoms with E-state index in [0.29, 0.717) is 18.1 Å². The van der Waals surface area contributed by atoms with E-state index in [0.717, 1.165) is 25.1 Å². The Kier molecular flexibility index (Phi) is 9.20. The SMILES string of the molecule is CCCCCNC(=S)NCCCC(=O)Nc1ccccc1. The summed E-state index contributed by atoms with van der Waals surface area (Å²) in [5, 5.41) is 9.82. The molecule has 0 aliphatic heterocycles. The van der Waals surface area contributed by atoms with Gasteiger partial charge in [0.15, 0.2) is 5.11 Å². The Balaban J connectivity index is 2.03. The molecule has 0 aliphatic carbocycles. The minimum absolute atomic E-state index is 0.0322. The summed E-state index contributed by atoms with van der Waals surface area (Å²) in [6, 6.07) is 9.49. The minimum atomic E-state index is 0.0322. The summed E-state index contributed by atoms with van der Waals surface area (Å²) in [6.07, 6.45) is 4.81. The second-order valence-electron chi connectivity index (χ2n) is 4.91.